The summed E-state index contributed by atoms with van der Waals surface area (Å²) in [7, 11) is 0. The average molecular weight is 277 g/mol. The molecular formula is C19H19NO. The van der Waals surface area contributed by atoms with Crippen LogP contribution in [-0.4, -0.2) is 10.1 Å². The van der Waals surface area contributed by atoms with Crippen molar-refractivity contribution in [3.63, 3.8) is 0 Å². The molecule has 2 nitrogen and oxygen atoms in total. The van der Waals surface area contributed by atoms with Crippen molar-refractivity contribution >= 4 is 10.9 Å². The number of fused-ring (bicyclic) bond motifs is 1. The first kappa shape index (κ1) is 13.8. The third-order valence-electron chi connectivity index (χ3n) is 4.09. The fourth-order valence-corrected chi connectivity index (χ4v) is 2.60. The van der Waals surface area contributed by atoms with Crippen molar-refractivity contribution in [1.29, 1.82) is 0 Å². The maximum Gasteiger partial charge on any atom is 0.112 e. The molecule has 3 aromatic rings. The molecule has 0 aliphatic carbocycles. The number of aromatic nitrogens is 1. The highest BCUT2D eigenvalue weighted by Crippen LogP contribution is 2.30. The van der Waals surface area contributed by atoms with E-state index < -0.39 is 5.60 Å². The highest BCUT2D eigenvalue weighted by atomic mass is 16.3. The van der Waals surface area contributed by atoms with Gasteiger partial charge >= 0.3 is 0 Å². The minimum absolute atomic E-state index is 0.859. The third kappa shape index (κ3) is 2.55. The normalized spacial score (nSPS) is 14.0. The Morgan fingerprint density at radius 2 is 1.71 bits per heavy atom. The lowest BCUT2D eigenvalue weighted by atomic mass is 9.87. The van der Waals surface area contributed by atoms with Crippen molar-refractivity contribution in [3.05, 3.63) is 77.5 Å². The number of nitrogens with zero attached hydrogens (tertiary/aromatic N) is 1. The number of aryl methyl sites for hydroxylation is 1. The average Bonchev–Trinajstić information content (AvgIpc) is 2.54. The summed E-state index contributed by atoms with van der Waals surface area (Å²) in [5, 5.41) is 12.0. The van der Waals surface area contributed by atoms with E-state index in [4.69, 9.17) is 0 Å². The van der Waals surface area contributed by atoms with Gasteiger partial charge < -0.3 is 5.11 Å². The fraction of sp³-hybridized carbons (Fsp3) is 0.211. The summed E-state index contributed by atoms with van der Waals surface area (Å²) in [4.78, 5) is 4.37. The van der Waals surface area contributed by atoms with Gasteiger partial charge in [0.15, 0.2) is 0 Å². The summed E-state index contributed by atoms with van der Waals surface area (Å²) in [6, 6.07) is 18.0. The highest BCUT2D eigenvalue weighted by Gasteiger charge is 2.25. The molecule has 2 aromatic carbocycles. The van der Waals surface area contributed by atoms with Gasteiger partial charge in [0.1, 0.15) is 5.60 Å². The highest BCUT2D eigenvalue weighted by molar-refractivity contribution is 5.79. The SMILES string of the molecule is CCc1ccc(C(C)(O)c2ccc3cccnc3c2)cc1. The molecule has 1 aromatic heterocycles. The van der Waals surface area contributed by atoms with Gasteiger partial charge in [0.2, 0.25) is 0 Å². The lowest BCUT2D eigenvalue weighted by Gasteiger charge is -2.25. The first-order valence-electron chi connectivity index (χ1n) is 7.28. The summed E-state index contributed by atoms with van der Waals surface area (Å²) in [5.74, 6) is 0. The Morgan fingerprint density at radius 3 is 2.43 bits per heavy atom. The summed E-state index contributed by atoms with van der Waals surface area (Å²) in [6.45, 7) is 3.96. The monoisotopic (exact) mass is 277 g/mol. The summed E-state index contributed by atoms with van der Waals surface area (Å²) < 4.78 is 0. The zero-order chi connectivity index (χ0) is 14.9. The number of rotatable bonds is 3. The molecule has 0 amide bonds. The van der Waals surface area contributed by atoms with Crippen LogP contribution in [0.15, 0.2) is 60.8 Å². The van der Waals surface area contributed by atoms with Crippen molar-refractivity contribution in [3.8, 4) is 0 Å². The molecule has 1 atom stereocenters. The van der Waals surface area contributed by atoms with Gasteiger partial charge in [-0.2, -0.15) is 0 Å². The van der Waals surface area contributed by atoms with Crippen LogP contribution in [-0.2, 0) is 12.0 Å². The summed E-state index contributed by atoms with van der Waals surface area (Å²) >= 11 is 0. The predicted octanol–water partition coefficient (Wildman–Crippen LogP) is 4.05. The van der Waals surface area contributed by atoms with Gasteiger partial charge in [-0.15, -0.1) is 0 Å². The maximum absolute atomic E-state index is 11.0. The number of hydrogen-bond donors (Lipinski definition) is 1. The molecule has 0 fully saturated rings. The largest absolute Gasteiger partial charge is 0.381 e. The quantitative estimate of drug-likeness (QED) is 0.783. The molecule has 2 heteroatoms. The molecule has 1 unspecified atom stereocenters. The Kier molecular flexibility index (Phi) is 3.48. The van der Waals surface area contributed by atoms with Gasteiger partial charge in [-0.05, 0) is 42.2 Å². The van der Waals surface area contributed by atoms with Crippen molar-refractivity contribution in [1.82, 2.24) is 4.98 Å². The van der Waals surface area contributed by atoms with E-state index in [0.29, 0.717) is 0 Å². The molecule has 3 rings (SSSR count). The van der Waals surface area contributed by atoms with E-state index in [0.717, 1.165) is 28.5 Å². The number of hydrogen-bond acceptors (Lipinski definition) is 2. The van der Waals surface area contributed by atoms with E-state index in [9.17, 15) is 5.11 Å². The first-order chi connectivity index (χ1) is 10.1. The molecule has 106 valence electrons. The lowest BCUT2D eigenvalue weighted by Crippen LogP contribution is -2.22. The fourth-order valence-electron chi connectivity index (χ4n) is 2.60. The molecule has 0 radical (unpaired) electrons. The van der Waals surface area contributed by atoms with Crippen LogP contribution in [0.3, 0.4) is 0 Å². The minimum Gasteiger partial charge on any atom is -0.381 e. The number of benzene rings is 2. The van der Waals surface area contributed by atoms with Crippen molar-refractivity contribution in [2.75, 3.05) is 0 Å². The molecule has 0 spiro atoms. The van der Waals surface area contributed by atoms with E-state index in [2.05, 4.69) is 24.0 Å². The topological polar surface area (TPSA) is 33.1 Å². The smallest absolute Gasteiger partial charge is 0.112 e. The summed E-state index contributed by atoms with van der Waals surface area (Å²) in [5.41, 5.74) is 2.92. The Bertz CT molecular complexity index is 760. The van der Waals surface area contributed by atoms with Gasteiger partial charge in [0, 0.05) is 11.6 Å². The molecule has 1 heterocycles. The van der Waals surface area contributed by atoms with Crippen LogP contribution < -0.4 is 0 Å². The summed E-state index contributed by atoms with van der Waals surface area (Å²) in [6.07, 6.45) is 2.78. The zero-order valence-corrected chi connectivity index (χ0v) is 12.4. The van der Waals surface area contributed by atoms with Gasteiger partial charge in [0.25, 0.3) is 0 Å². The predicted molar refractivity (Wildman–Crippen MR) is 86.2 cm³/mol. The maximum atomic E-state index is 11.0. The number of pyridine rings is 1. The van der Waals surface area contributed by atoms with Gasteiger partial charge in [-0.3, -0.25) is 4.98 Å². The van der Waals surface area contributed by atoms with Crippen molar-refractivity contribution < 1.29 is 5.11 Å². The first-order valence-corrected chi connectivity index (χ1v) is 7.28. The third-order valence-corrected chi connectivity index (χ3v) is 4.09. The molecule has 21 heavy (non-hydrogen) atoms. The molecule has 0 aliphatic rings. The molecular weight excluding hydrogens is 258 g/mol. The van der Waals surface area contributed by atoms with Crippen molar-refractivity contribution in [2.45, 2.75) is 25.9 Å². The van der Waals surface area contributed by atoms with E-state index in [-0.39, 0.29) is 0 Å². The second-order valence-electron chi connectivity index (χ2n) is 5.53. The Balaban J connectivity index is 2.05. The minimum atomic E-state index is -1.02. The van der Waals surface area contributed by atoms with Crippen LogP contribution in [0.1, 0.15) is 30.5 Å². The van der Waals surface area contributed by atoms with Crippen LogP contribution in [0.25, 0.3) is 10.9 Å². The number of aliphatic hydroxyl groups is 1. The van der Waals surface area contributed by atoms with Crippen molar-refractivity contribution in [2.24, 2.45) is 0 Å². The molecule has 1 N–H and O–H groups in total. The molecule has 0 saturated heterocycles. The van der Waals surface area contributed by atoms with Crippen LogP contribution in [0.4, 0.5) is 0 Å². The Hall–Kier alpha value is -2.19. The molecule has 0 aliphatic heterocycles. The van der Waals surface area contributed by atoms with Gasteiger partial charge in [-0.1, -0.05) is 49.4 Å². The van der Waals surface area contributed by atoms with E-state index in [1.54, 1.807) is 6.20 Å². The van der Waals surface area contributed by atoms with E-state index in [1.165, 1.54) is 5.56 Å². The van der Waals surface area contributed by atoms with Gasteiger partial charge in [0.05, 0.1) is 5.52 Å². The van der Waals surface area contributed by atoms with Crippen LogP contribution in [0.5, 0.6) is 0 Å². The standard InChI is InChI=1S/C19H19NO/c1-3-14-6-9-16(10-7-14)19(2,21)17-11-8-15-5-4-12-20-18(15)13-17/h4-13,21H,3H2,1-2H3. The van der Waals surface area contributed by atoms with Crippen LogP contribution >= 0.6 is 0 Å². The van der Waals surface area contributed by atoms with E-state index >= 15 is 0 Å². The lowest BCUT2D eigenvalue weighted by molar-refractivity contribution is 0.102. The van der Waals surface area contributed by atoms with Crippen LogP contribution in [0.2, 0.25) is 0 Å². The zero-order valence-electron chi connectivity index (χ0n) is 12.4. The Labute approximate surface area is 125 Å². The second-order valence-corrected chi connectivity index (χ2v) is 5.53. The Morgan fingerprint density at radius 1 is 1.00 bits per heavy atom. The second kappa shape index (κ2) is 5.30. The van der Waals surface area contributed by atoms with E-state index in [1.807, 2.05) is 49.4 Å². The van der Waals surface area contributed by atoms with Crippen LogP contribution in [0, 0.1) is 0 Å². The molecule has 0 bridgehead atoms. The van der Waals surface area contributed by atoms with Gasteiger partial charge in [-0.25, -0.2) is 0 Å². The molecule has 0 saturated carbocycles.